The predicted molar refractivity (Wildman–Crippen MR) is 71.7 cm³/mol. The number of ether oxygens (including phenoxy) is 2. The van der Waals surface area contributed by atoms with E-state index in [1.165, 1.54) is 19.2 Å². The summed E-state index contributed by atoms with van der Waals surface area (Å²) in [5.74, 6) is -0.593. The third-order valence-electron chi connectivity index (χ3n) is 2.40. The zero-order valence-electron chi connectivity index (χ0n) is 11.7. The minimum atomic E-state index is -4.41. The lowest BCUT2D eigenvalue weighted by Gasteiger charge is -2.10. The van der Waals surface area contributed by atoms with Gasteiger partial charge in [0.25, 0.3) is 0 Å². The molecule has 0 saturated carbocycles. The molecular formula is C14H16F3NO3. The molecule has 116 valence electrons. The van der Waals surface area contributed by atoms with E-state index in [0.717, 1.165) is 18.2 Å². The molecule has 0 aromatic heterocycles. The number of alkyl halides is 3. The Labute approximate surface area is 120 Å². The fourth-order valence-electron chi connectivity index (χ4n) is 1.48. The number of methoxy groups -OCH3 is 1. The van der Waals surface area contributed by atoms with Gasteiger partial charge in [-0.2, -0.15) is 13.2 Å². The Bertz CT molecular complexity index is 512. The molecule has 1 aromatic carbocycles. The first-order valence-corrected chi connectivity index (χ1v) is 6.11. The standard InChI is InChI=1S/C14H16F3NO3/c1-10(8-13(19)21-7-6-20-2)18-12-5-3-4-11(9-12)14(15,16)17/h3-5,8-9,18H,6-7H2,1-2H3/b10-8-. The van der Waals surface area contributed by atoms with E-state index in [9.17, 15) is 18.0 Å². The van der Waals surface area contributed by atoms with E-state index in [2.05, 4.69) is 5.32 Å². The van der Waals surface area contributed by atoms with Crippen LogP contribution in [0.5, 0.6) is 0 Å². The summed E-state index contributed by atoms with van der Waals surface area (Å²) in [4.78, 5) is 11.4. The SMILES string of the molecule is COCCOC(=O)/C=C(/C)Nc1cccc(C(F)(F)F)c1. The third-order valence-corrected chi connectivity index (χ3v) is 2.40. The molecule has 0 heterocycles. The molecule has 1 aromatic rings. The van der Waals surface area contributed by atoms with Crippen LogP contribution in [0.25, 0.3) is 0 Å². The number of anilines is 1. The number of benzene rings is 1. The van der Waals surface area contributed by atoms with Crippen LogP contribution in [0.2, 0.25) is 0 Å². The summed E-state index contributed by atoms with van der Waals surface area (Å²) in [5.41, 5.74) is -0.150. The first kappa shape index (κ1) is 17.0. The molecule has 0 amide bonds. The van der Waals surface area contributed by atoms with Crippen molar-refractivity contribution in [1.82, 2.24) is 0 Å². The van der Waals surface area contributed by atoms with Crippen molar-refractivity contribution < 1.29 is 27.4 Å². The molecule has 0 saturated heterocycles. The van der Waals surface area contributed by atoms with Gasteiger partial charge in [-0.1, -0.05) is 6.07 Å². The van der Waals surface area contributed by atoms with Crippen molar-refractivity contribution in [3.8, 4) is 0 Å². The van der Waals surface area contributed by atoms with Gasteiger partial charge in [-0.25, -0.2) is 4.79 Å². The summed E-state index contributed by atoms with van der Waals surface area (Å²) in [7, 11) is 1.48. The van der Waals surface area contributed by atoms with Crippen LogP contribution in [0.1, 0.15) is 12.5 Å². The minimum absolute atomic E-state index is 0.114. The number of carbonyl (C=O) groups excluding carboxylic acids is 1. The molecule has 21 heavy (non-hydrogen) atoms. The normalized spacial score (nSPS) is 12.1. The molecule has 0 radical (unpaired) electrons. The zero-order chi connectivity index (χ0) is 15.9. The first-order valence-electron chi connectivity index (χ1n) is 6.11. The van der Waals surface area contributed by atoms with E-state index in [1.54, 1.807) is 6.92 Å². The monoisotopic (exact) mass is 303 g/mol. The van der Waals surface area contributed by atoms with E-state index in [4.69, 9.17) is 9.47 Å². The third kappa shape index (κ3) is 6.31. The maximum atomic E-state index is 12.6. The summed E-state index contributed by atoms with van der Waals surface area (Å²) < 4.78 is 47.2. The van der Waals surface area contributed by atoms with Crippen LogP contribution < -0.4 is 5.32 Å². The van der Waals surface area contributed by atoms with Crippen molar-refractivity contribution in [2.75, 3.05) is 25.6 Å². The Morgan fingerprint density at radius 2 is 2.05 bits per heavy atom. The lowest BCUT2D eigenvalue weighted by Crippen LogP contribution is -2.09. The van der Waals surface area contributed by atoms with Crippen LogP contribution in [0.4, 0.5) is 18.9 Å². The molecule has 0 unspecified atom stereocenters. The number of esters is 1. The molecule has 0 spiro atoms. The Balaban J connectivity index is 2.66. The highest BCUT2D eigenvalue weighted by Gasteiger charge is 2.30. The largest absolute Gasteiger partial charge is 0.460 e. The molecule has 4 nitrogen and oxygen atoms in total. The lowest BCUT2D eigenvalue weighted by molar-refractivity contribution is -0.139. The molecule has 0 atom stereocenters. The van der Waals surface area contributed by atoms with E-state index < -0.39 is 17.7 Å². The second kappa shape index (κ2) is 7.68. The van der Waals surface area contributed by atoms with Gasteiger partial charge in [0.1, 0.15) is 6.61 Å². The second-order valence-electron chi connectivity index (χ2n) is 4.19. The number of allylic oxidation sites excluding steroid dienone is 1. The lowest BCUT2D eigenvalue weighted by atomic mass is 10.2. The van der Waals surface area contributed by atoms with Crippen LogP contribution in [0.3, 0.4) is 0 Å². The molecule has 0 fully saturated rings. The Morgan fingerprint density at radius 3 is 2.67 bits per heavy atom. The van der Waals surface area contributed by atoms with Crippen molar-refractivity contribution in [3.05, 3.63) is 41.6 Å². The summed E-state index contributed by atoms with van der Waals surface area (Å²) >= 11 is 0. The van der Waals surface area contributed by atoms with Gasteiger partial charge in [0, 0.05) is 24.6 Å². The highest BCUT2D eigenvalue weighted by Crippen LogP contribution is 2.30. The van der Waals surface area contributed by atoms with Crippen LogP contribution in [0, 0.1) is 0 Å². The quantitative estimate of drug-likeness (QED) is 0.498. The van der Waals surface area contributed by atoms with Crippen molar-refractivity contribution in [2.24, 2.45) is 0 Å². The molecule has 0 aliphatic carbocycles. The van der Waals surface area contributed by atoms with Crippen LogP contribution in [-0.2, 0) is 20.4 Å². The predicted octanol–water partition coefficient (Wildman–Crippen LogP) is 3.21. The van der Waals surface area contributed by atoms with Gasteiger partial charge in [-0.15, -0.1) is 0 Å². The summed E-state index contributed by atoms with van der Waals surface area (Å²) in [5, 5.41) is 2.70. The molecule has 0 aliphatic rings. The summed E-state index contributed by atoms with van der Waals surface area (Å²) in [6, 6.07) is 4.70. The average Bonchev–Trinajstić information content (AvgIpc) is 2.38. The van der Waals surface area contributed by atoms with Crippen LogP contribution in [-0.4, -0.2) is 26.3 Å². The Morgan fingerprint density at radius 1 is 1.33 bits per heavy atom. The van der Waals surface area contributed by atoms with E-state index >= 15 is 0 Å². The van der Waals surface area contributed by atoms with E-state index in [0.29, 0.717) is 5.70 Å². The van der Waals surface area contributed by atoms with E-state index in [1.807, 2.05) is 0 Å². The maximum absolute atomic E-state index is 12.6. The van der Waals surface area contributed by atoms with Gasteiger partial charge in [-0.05, 0) is 25.1 Å². The number of hydrogen-bond acceptors (Lipinski definition) is 4. The number of rotatable bonds is 6. The number of carbonyl (C=O) groups is 1. The van der Waals surface area contributed by atoms with Gasteiger partial charge in [-0.3, -0.25) is 0 Å². The highest BCUT2D eigenvalue weighted by molar-refractivity contribution is 5.83. The van der Waals surface area contributed by atoms with Gasteiger partial charge >= 0.3 is 12.1 Å². The fourth-order valence-corrected chi connectivity index (χ4v) is 1.48. The topological polar surface area (TPSA) is 47.6 Å². The van der Waals surface area contributed by atoms with Gasteiger partial charge < -0.3 is 14.8 Å². The molecule has 7 heteroatoms. The van der Waals surface area contributed by atoms with Gasteiger partial charge in [0.2, 0.25) is 0 Å². The van der Waals surface area contributed by atoms with E-state index in [-0.39, 0.29) is 18.9 Å². The molecule has 0 aliphatic heterocycles. The number of nitrogens with one attached hydrogen (secondary N) is 1. The number of halogens is 3. The van der Waals surface area contributed by atoms with Crippen LogP contribution >= 0.6 is 0 Å². The van der Waals surface area contributed by atoms with Crippen LogP contribution in [0.15, 0.2) is 36.0 Å². The van der Waals surface area contributed by atoms with Crippen molar-refractivity contribution >= 4 is 11.7 Å². The van der Waals surface area contributed by atoms with Crippen molar-refractivity contribution in [3.63, 3.8) is 0 Å². The summed E-state index contributed by atoms with van der Waals surface area (Å²) in [6.07, 6.45) is -3.25. The molecule has 1 rings (SSSR count). The molecule has 0 bridgehead atoms. The highest BCUT2D eigenvalue weighted by atomic mass is 19.4. The first-order chi connectivity index (χ1) is 9.82. The Hall–Kier alpha value is -2.02. The average molecular weight is 303 g/mol. The maximum Gasteiger partial charge on any atom is 0.416 e. The summed E-state index contributed by atoms with van der Waals surface area (Å²) in [6.45, 7) is 1.94. The van der Waals surface area contributed by atoms with Gasteiger partial charge in [0.05, 0.1) is 12.2 Å². The smallest absolute Gasteiger partial charge is 0.416 e. The fraction of sp³-hybridized carbons (Fsp3) is 0.357. The molecular weight excluding hydrogens is 287 g/mol. The van der Waals surface area contributed by atoms with Crippen molar-refractivity contribution in [1.29, 1.82) is 0 Å². The Kier molecular flexibility index (Phi) is 6.23. The zero-order valence-corrected chi connectivity index (χ0v) is 11.7. The minimum Gasteiger partial charge on any atom is -0.460 e. The number of hydrogen-bond donors (Lipinski definition) is 1. The molecule has 1 N–H and O–H groups in total. The van der Waals surface area contributed by atoms with Crippen molar-refractivity contribution in [2.45, 2.75) is 13.1 Å². The second-order valence-corrected chi connectivity index (χ2v) is 4.19. The van der Waals surface area contributed by atoms with Gasteiger partial charge in [0.15, 0.2) is 0 Å².